The summed E-state index contributed by atoms with van der Waals surface area (Å²) >= 11 is 0. The summed E-state index contributed by atoms with van der Waals surface area (Å²) in [5.41, 5.74) is -0.128. The van der Waals surface area contributed by atoms with Crippen molar-refractivity contribution in [1.82, 2.24) is 20.1 Å². The molecule has 110 valence electrons. The van der Waals surface area contributed by atoms with Crippen LogP contribution < -0.4 is 5.32 Å². The lowest BCUT2D eigenvalue weighted by Gasteiger charge is -2.39. The molecule has 19 heavy (non-hydrogen) atoms. The molecule has 0 saturated carbocycles. The first-order valence-corrected chi connectivity index (χ1v) is 7.33. The van der Waals surface area contributed by atoms with Gasteiger partial charge in [-0.1, -0.05) is 20.8 Å². The van der Waals surface area contributed by atoms with E-state index < -0.39 is 0 Å². The number of aryl methyl sites for hydroxylation is 1. The molecular weight excluding hydrogens is 240 g/mol. The monoisotopic (exact) mass is 268 g/mol. The molecule has 0 aliphatic carbocycles. The molecule has 1 atom stereocenters. The van der Waals surface area contributed by atoms with E-state index in [2.05, 4.69) is 43.1 Å². The molecule has 1 aromatic heterocycles. The van der Waals surface area contributed by atoms with Crippen molar-refractivity contribution in [3.63, 3.8) is 0 Å². The highest BCUT2D eigenvalue weighted by Crippen LogP contribution is 2.27. The second-order valence-electron chi connectivity index (χ2n) is 4.82. The fraction of sp³-hybridized carbons (Fsp3) is 0.857. The van der Waals surface area contributed by atoms with E-state index >= 15 is 0 Å². The largest absolute Gasteiger partial charge is 0.374 e. The van der Waals surface area contributed by atoms with Gasteiger partial charge in [-0.25, -0.2) is 4.98 Å². The SMILES string of the molecule is CCNC(Cc1ncnn1C)C(CC)(CC)OCC. The van der Waals surface area contributed by atoms with E-state index in [1.807, 2.05) is 11.7 Å². The quantitative estimate of drug-likeness (QED) is 0.743. The lowest BCUT2D eigenvalue weighted by Crippen LogP contribution is -2.53. The van der Waals surface area contributed by atoms with E-state index in [0.717, 1.165) is 38.2 Å². The summed E-state index contributed by atoms with van der Waals surface area (Å²) < 4.78 is 7.95. The summed E-state index contributed by atoms with van der Waals surface area (Å²) in [7, 11) is 1.94. The fourth-order valence-electron chi connectivity index (χ4n) is 2.71. The van der Waals surface area contributed by atoms with Crippen LogP contribution in [0.5, 0.6) is 0 Å². The van der Waals surface area contributed by atoms with Crippen LogP contribution in [0, 0.1) is 0 Å². The minimum Gasteiger partial charge on any atom is -0.374 e. The van der Waals surface area contributed by atoms with Gasteiger partial charge in [0.05, 0.1) is 5.60 Å². The molecule has 0 spiro atoms. The molecule has 5 nitrogen and oxygen atoms in total. The zero-order valence-electron chi connectivity index (χ0n) is 12.9. The Morgan fingerprint density at radius 3 is 2.42 bits per heavy atom. The average Bonchev–Trinajstić information content (AvgIpc) is 2.81. The number of nitrogens with zero attached hydrogens (tertiary/aromatic N) is 3. The minimum atomic E-state index is -0.128. The molecule has 0 aliphatic heterocycles. The number of hydrogen-bond acceptors (Lipinski definition) is 4. The number of rotatable bonds is 9. The van der Waals surface area contributed by atoms with Crippen molar-refractivity contribution in [3.05, 3.63) is 12.2 Å². The van der Waals surface area contributed by atoms with Gasteiger partial charge in [-0.15, -0.1) is 0 Å². The van der Waals surface area contributed by atoms with Crippen LogP contribution in [0.2, 0.25) is 0 Å². The van der Waals surface area contributed by atoms with Crippen molar-refractivity contribution in [2.75, 3.05) is 13.2 Å². The third-order valence-corrected chi connectivity index (χ3v) is 3.91. The van der Waals surface area contributed by atoms with E-state index in [1.54, 1.807) is 6.33 Å². The zero-order valence-corrected chi connectivity index (χ0v) is 12.9. The van der Waals surface area contributed by atoms with Crippen LogP contribution in [-0.2, 0) is 18.2 Å². The Kier molecular flexibility index (Phi) is 6.45. The summed E-state index contributed by atoms with van der Waals surface area (Å²) in [4.78, 5) is 4.34. The van der Waals surface area contributed by atoms with Gasteiger partial charge < -0.3 is 10.1 Å². The maximum atomic E-state index is 6.11. The van der Waals surface area contributed by atoms with E-state index in [-0.39, 0.29) is 11.6 Å². The Morgan fingerprint density at radius 1 is 1.32 bits per heavy atom. The van der Waals surface area contributed by atoms with E-state index in [4.69, 9.17) is 4.74 Å². The summed E-state index contributed by atoms with van der Waals surface area (Å²) in [6.45, 7) is 10.2. The fourth-order valence-corrected chi connectivity index (χ4v) is 2.71. The van der Waals surface area contributed by atoms with E-state index in [1.165, 1.54) is 0 Å². The van der Waals surface area contributed by atoms with Crippen molar-refractivity contribution >= 4 is 0 Å². The van der Waals surface area contributed by atoms with Gasteiger partial charge in [0.1, 0.15) is 12.2 Å². The molecule has 5 heteroatoms. The Balaban J connectivity index is 2.93. The first-order valence-electron chi connectivity index (χ1n) is 7.33. The second kappa shape index (κ2) is 7.60. The average molecular weight is 268 g/mol. The predicted molar refractivity (Wildman–Crippen MR) is 77.1 cm³/mol. The van der Waals surface area contributed by atoms with Crippen LogP contribution >= 0.6 is 0 Å². The Bertz CT molecular complexity index is 360. The first kappa shape index (κ1) is 16.1. The van der Waals surface area contributed by atoms with Gasteiger partial charge in [0.15, 0.2) is 0 Å². The smallest absolute Gasteiger partial charge is 0.138 e. The van der Waals surface area contributed by atoms with Gasteiger partial charge in [0, 0.05) is 26.1 Å². The highest BCUT2D eigenvalue weighted by molar-refractivity contribution is 4.99. The van der Waals surface area contributed by atoms with E-state index in [9.17, 15) is 0 Å². The first-order chi connectivity index (χ1) is 9.13. The van der Waals surface area contributed by atoms with Gasteiger partial charge in [-0.2, -0.15) is 5.10 Å². The van der Waals surface area contributed by atoms with Gasteiger partial charge in [0.25, 0.3) is 0 Å². The number of hydrogen-bond donors (Lipinski definition) is 1. The molecule has 0 saturated heterocycles. The van der Waals surface area contributed by atoms with Crippen molar-refractivity contribution in [3.8, 4) is 0 Å². The molecule has 0 bridgehead atoms. The van der Waals surface area contributed by atoms with Gasteiger partial charge in [-0.3, -0.25) is 4.68 Å². The van der Waals surface area contributed by atoms with Gasteiger partial charge >= 0.3 is 0 Å². The number of ether oxygens (including phenoxy) is 1. The number of likely N-dealkylation sites (N-methyl/N-ethyl adjacent to an activating group) is 1. The van der Waals surface area contributed by atoms with Gasteiger partial charge in [0.2, 0.25) is 0 Å². The minimum absolute atomic E-state index is 0.128. The third kappa shape index (κ3) is 3.76. The maximum absolute atomic E-state index is 6.11. The summed E-state index contributed by atoms with van der Waals surface area (Å²) in [5, 5.41) is 7.72. The highest BCUT2D eigenvalue weighted by Gasteiger charge is 2.36. The van der Waals surface area contributed by atoms with Crippen LogP contribution in [0.1, 0.15) is 46.4 Å². The van der Waals surface area contributed by atoms with Crippen molar-refractivity contribution in [2.45, 2.75) is 58.6 Å². The lowest BCUT2D eigenvalue weighted by molar-refractivity contribution is -0.0720. The molecule has 1 N–H and O–H groups in total. The second-order valence-corrected chi connectivity index (χ2v) is 4.82. The summed E-state index contributed by atoms with van der Waals surface area (Å²) in [6, 6.07) is 0.260. The molecule has 0 radical (unpaired) electrons. The number of aromatic nitrogens is 3. The Morgan fingerprint density at radius 2 is 2.00 bits per heavy atom. The molecule has 1 heterocycles. The maximum Gasteiger partial charge on any atom is 0.138 e. The van der Waals surface area contributed by atoms with Crippen LogP contribution in [0.25, 0.3) is 0 Å². The van der Waals surface area contributed by atoms with Crippen molar-refractivity contribution < 1.29 is 4.74 Å². The lowest BCUT2D eigenvalue weighted by atomic mass is 9.85. The Hall–Kier alpha value is -0.940. The van der Waals surface area contributed by atoms with E-state index in [0.29, 0.717) is 0 Å². The van der Waals surface area contributed by atoms with Gasteiger partial charge in [-0.05, 0) is 26.3 Å². The summed E-state index contributed by atoms with van der Waals surface area (Å²) in [6.07, 6.45) is 4.43. The summed E-state index contributed by atoms with van der Waals surface area (Å²) in [5.74, 6) is 0.997. The predicted octanol–water partition coefficient (Wildman–Crippen LogP) is 1.93. The Labute approximate surface area is 116 Å². The molecule has 0 amide bonds. The van der Waals surface area contributed by atoms with Crippen LogP contribution in [-0.4, -0.2) is 39.6 Å². The third-order valence-electron chi connectivity index (χ3n) is 3.91. The molecule has 0 fully saturated rings. The molecular formula is C14H28N4O. The van der Waals surface area contributed by atoms with Crippen LogP contribution in [0.3, 0.4) is 0 Å². The molecule has 0 aliphatic rings. The van der Waals surface area contributed by atoms with Crippen LogP contribution in [0.15, 0.2) is 6.33 Å². The zero-order chi connectivity index (χ0) is 14.3. The highest BCUT2D eigenvalue weighted by atomic mass is 16.5. The van der Waals surface area contributed by atoms with Crippen LogP contribution in [0.4, 0.5) is 0 Å². The molecule has 1 rings (SSSR count). The normalized spacial score (nSPS) is 13.7. The standard InChI is InChI=1S/C14H28N4O/c1-6-14(7-2,19-9-4)12(15-8-3)10-13-16-11-17-18(13)5/h11-12,15H,6-10H2,1-5H3. The topological polar surface area (TPSA) is 52.0 Å². The number of nitrogens with one attached hydrogen (secondary N) is 1. The van der Waals surface area contributed by atoms with Crippen molar-refractivity contribution in [1.29, 1.82) is 0 Å². The molecule has 0 aromatic carbocycles. The van der Waals surface area contributed by atoms with Crippen molar-refractivity contribution in [2.24, 2.45) is 7.05 Å². The molecule has 1 unspecified atom stereocenters. The molecule has 1 aromatic rings.